The van der Waals surface area contributed by atoms with Gasteiger partial charge in [-0.1, -0.05) is 12.1 Å². The molecule has 0 radical (unpaired) electrons. The Morgan fingerprint density at radius 1 is 1.33 bits per heavy atom. The van der Waals surface area contributed by atoms with Crippen LogP contribution in [0.15, 0.2) is 24.3 Å². The lowest BCUT2D eigenvalue weighted by Gasteiger charge is -2.20. The first-order valence-corrected chi connectivity index (χ1v) is 6.23. The molecule has 0 spiro atoms. The summed E-state index contributed by atoms with van der Waals surface area (Å²) >= 11 is 0. The first-order valence-electron chi connectivity index (χ1n) is 4.62. The molecule has 1 aromatic carbocycles. The lowest BCUT2D eigenvalue weighted by molar-refractivity contribution is 0.416. The van der Waals surface area contributed by atoms with Crippen LogP contribution in [0.5, 0.6) is 5.75 Å². The molecule has 1 rings (SSSR count). The molecule has 4 nitrogen and oxygen atoms in total. The highest BCUT2D eigenvalue weighted by Crippen LogP contribution is 2.28. The van der Waals surface area contributed by atoms with Gasteiger partial charge in [-0.2, -0.15) is 0 Å². The van der Waals surface area contributed by atoms with E-state index >= 15 is 0 Å². The number of sulfonamides is 1. The molecule has 0 saturated carbocycles. The van der Waals surface area contributed by atoms with E-state index in [0.717, 1.165) is 0 Å². The summed E-state index contributed by atoms with van der Waals surface area (Å²) in [5, 5.41) is 0. The maximum Gasteiger partial charge on any atom is 0.234 e. The number of ether oxygens (including phenoxy) is 1. The van der Waals surface area contributed by atoms with E-state index in [1.54, 1.807) is 31.2 Å². The van der Waals surface area contributed by atoms with Crippen molar-refractivity contribution in [1.29, 1.82) is 0 Å². The third kappa shape index (κ3) is 2.41. The fourth-order valence-corrected chi connectivity index (χ4v) is 2.07. The Bertz CT molecular complexity index is 428. The van der Waals surface area contributed by atoms with Crippen LogP contribution in [0.3, 0.4) is 0 Å². The molecule has 0 unspecified atom stereocenters. The van der Waals surface area contributed by atoms with Gasteiger partial charge < -0.3 is 4.74 Å². The van der Waals surface area contributed by atoms with Gasteiger partial charge in [-0.25, -0.2) is 8.42 Å². The molecule has 0 aliphatic rings. The van der Waals surface area contributed by atoms with Crippen molar-refractivity contribution in [2.75, 3.05) is 24.2 Å². The van der Waals surface area contributed by atoms with Gasteiger partial charge in [0.25, 0.3) is 0 Å². The van der Waals surface area contributed by atoms with Gasteiger partial charge >= 0.3 is 0 Å². The molecule has 0 heterocycles. The van der Waals surface area contributed by atoms with Crippen molar-refractivity contribution in [2.24, 2.45) is 0 Å². The normalized spacial score (nSPS) is 11.1. The van der Waals surface area contributed by atoms with Gasteiger partial charge in [0.15, 0.2) is 0 Å². The van der Waals surface area contributed by atoms with E-state index in [0.29, 0.717) is 11.4 Å². The smallest absolute Gasteiger partial charge is 0.234 e. The number of para-hydroxylation sites is 2. The van der Waals surface area contributed by atoms with Crippen molar-refractivity contribution >= 4 is 15.7 Å². The summed E-state index contributed by atoms with van der Waals surface area (Å²) in [6, 6.07) is 7.03. The van der Waals surface area contributed by atoms with Gasteiger partial charge in [0, 0.05) is 7.05 Å². The minimum atomic E-state index is -3.23. The van der Waals surface area contributed by atoms with Crippen LogP contribution >= 0.6 is 0 Å². The Kier molecular flexibility index (Phi) is 3.57. The van der Waals surface area contributed by atoms with E-state index in [4.69, 9.17) is 4.74 Å². The Balaban J connectivity index is 3.17. The van der Waals surface area contributed by atoms with Crippen molar-refractivity contribution in [3.63, 3.8) is 0 Å². The lowest BCUT2D eigenvalue weighted by Crippen LogP contribution is -2.28. The first kappa shape index (κ1) is 11.8. The molecule has 0 N–H and O–H groups in total. The number of anilines is 1. The third-order valence-corrected chi connectivity index (χ3v) is 3.97. The molecular weight excluding hydrogens is 214 g/mol. The summed E-state index contributed by atoms with van der Waals surface area (Å²) in [7, 11) is -0.187. The maximum absolute atomic E-state index is 11.6. The van der Waals surface area contributed by atoms with Gasteiger partial charge in [-0.15, -0.1) is 0 Å². The average Bonchev–Trinajstić information content (AvgIpc) is 2.28. The Morgan fingerprint density at radius 2 is 1.93 bits per heavy atom. The largest absolute Gasteiger partial charge is 0.495 e. The summed E-state index contributed by atoms with van der Waals surface area (Å²) in [6.45, 7) is 1.61. The lowest BCUT2D eigenvalue weighted by atomic mass is 10.3. The van der Waals surface area contributed by atoms with E-state index in [9.17, 15) is 8.42 Å². The molecule has 5 heteroatoms. The third-order valence-electron chi connectivity index (χ3n) is 2.21. The van der Waals surface area contributed by atoms with Crippen molar-refractivity contribution in [1.82, 2.24) is 0 Å². The molecule has 0 amide bonds. The van der Waals surface area contributed by atoms with Crippen LogP contribution in [-0.2, 0) is 10.0 Å². The number of methoxy groups -OCH3 is 1. The molecule has 0 atom stereocenters. The van der Waals surface area contributed by atoms with Crippen LogP contribution in [0.2, 0.25) is 0 Å². The second kappa shape index (κ2) is 4.53. The Labute approximate surface area is 90.5 Å². The number of rotatable bonds is 4. The number of hydrogen-bond donors (Lipinski definition) is 0. The molecule has 0 saturated heterocycles. The van der Waals surface area contributed by atoms with Crippen LogP contribution in [-0.4, -0.2) is 28.3 Å². The summed E-state index contributed by atoms with van der Waals surface area (Å²) in [5.74, 6) is 0.624. The number of hydrogen-bond acceptors (Lipinski definition) is 3. The molecule has 1 aromatic rings. The van der Waals surface area contributed by atoms with E-state index in [2.05, 4.69) is 0 Å². The summed E-state index contributed by atoms with van der Waals surface area (Å²) in [4.78, 5) is 0. The topological polar surface area (TPSA) is 46.6 Å². The zero-order chi connectivity index (χ0) is 11.5. The molecular formula is C10H15NO3S. The van der Waals surface area contributed by atoms with Gasteiger partial charge in [0.2, 0.25) is 10.0 Å². The first-order chi connectivity index (χ1) is 7.03. The molecule has 0 aromatic heterocycles. The maximum atomic E-state index is 11.6. The predicted molar refractivity (Wildman–Crippen MR) is 60.9 cm³/mol. The van der Waals surface area contributed by atoms with Crippen molar-refractivity contribution in [2.45, 2.75) is 6.92 Å². The van der Waals surface area contributed by atoms with Crippen molar-refractivity contribution in [3.05, 3.63) is 24.3 Å². The summed E-state index contributed by atoms with van der Waals surface area (Å²) in [6.07, 6.45) is 0. The van der Waals surface area contributed by atoms with E-state index in [1.807, 2.05) is 0 Å². The van der Waals surface area contributed by atoms with Crippen molar-refractivity contribution < 1.29 is 13.2 Å². The highest BCUT2D eigenvalue weighted by molar-refractivity contribution is 7.92. The fraction of sp³-hybridized carbons (Fsp3) is 0.400. The molecule has 0 bridgehead atoms. The van der Waals surface area contributed by atoms with E-state index in [1.165, 1.54) is 18.5 Å². The molecule has 84 valence electrons. The second-order valence-electron chi connectivity index (χ2n) is 3.04. The predicted octanol–water partition coefficient (Wildman–Crippen LogP) is 1.48. The van der Waals surface area contributed by atoms with Crippen LogP contribution in [0, 0.1) is 0 Å². The monoisotopic (exact) mass is 229 g/mol. The van der Waals surface area contributed by atoms with Gasteiger partial charge in [-0.3, -0.25) is 4.31 Å². The van der Waals surface area contributed by atoms with E-state index in [-0.39, 0.29) is 5.75 Å². The molecule has 15 heavy (non-hydrogen) atoms. The molecule has 0 aliphatic heterocycles. The fourth-order valence-electron chi connectivity index (χ4n) is 1.23. The highest BCUT2D eigenvalue weighted by Gasteiger charge is 2.18. The highest BCUT2D eigenvalue weighted by atomic mass is 32.2. The van der Waals surface area contributed by atoms with Crippen LogP contribution in [0.4, 0.5) is 5.69 Å². The van der Waals surface area contributed by atoms with Gasteiger partial charge in [0.05, 0.1) is 18.6 Å². The van der Waals surface area contributed by atoms with Gasteiger partial charge in [0.1, 0.15) is 5.75 Å². The Morgan fingerprint density at radius 3 is 2.47 bits per heavy atom. The quantitative estimate of drug-likeness (QED) is 0.785. The number of benzene rings is 1. The van der Waals surface area contributed by atoms with E-state index < -0.39 is 10.0 Å². The minimum absolute atomic E-state index is 0.0710. The second-order valence-corrected chi connectivity index (χ2v) is 5.33. The zero-order valence-electron chi connectivity index (χ0n) is 9.10. The Hall–Kier alpha value is -1.23. The molecule has 0 aliphatic carbocycles. The minimum Gasteiger partial charge on any atom is -0.495 e. The number of nitrogens with zero attached hydrogens (tertiary/aromatic N) is 1. The van der Waals surface area contributed by atoms with Crippen LogP contribution in [0.25, 0.3) is 0 Å². The average molecular weight is 229 g/mol. The zero-order valence-corrected chi connectivity index (χ0v) is 9.91. The molecule has 0 fully saturated rings. The standard InChI is InChI=1S/C10H15NO3S/c1-4-15(12,13)11(2)9-7-5-6-8-10(9)14-3/h5-8H,4H2,1-3H3. The van der Waals surface area contributed by atoms with Gasteiger partial charge in [-0.05, 0) is 19.1 Å². The van der Waals surface area contributed by atoms with Crippen LogP contribution < -0.4 is 9.04 Å². The SMILES string of the molecule is CCS(=O)(=O)N(C)c1ccccc1OC. The summed E-state index contributed by atoms with van der Waals surface area (Å²) < 4.78 is 29.6. The summed E-state index contributed by atoms with van der Waals surface area (Å²) in [5.41, 5.74) is 0.557. The van der Waals surface area contributed by atoms with Crippen molar-refractivity contribution in [3.8, 4) is 5.75 Å². The van der Waals surface area contributed by atoms with Crippen LogP contribution in [0.1, 0.15) is 6.92 Å².